The predicted molar refractivity (Wildman–Crippen MR) is 124 cm³/mol. The number of fused-ring (bicyclic) bond motifs is 3. The van der Waals surface area contributed by atoms with Crippen LogP contribution in [0.3, 0.4) is 0 Å². The average Bonchev–Trinajstić information content (AvgIpc) is 3.38. The Morgan fingerprint density at radius 1 is 1.11 bits per heavy atom. The number of nitrogens with zero attached hydrogens (tertiary/aromatic N) is 6. The van der Waals surface area contributed by atoms with E-state index in [1.807, 2.05) is 0 Å². The van der Waals surface area contributed by atoms with Gasteiger partial charge in [-0.05, 0) is 24.6 Å². The predicted octanol–water partition coefficient (Wildman–Crippen LogP) is 3.32. The first-order valence-corrected chi connectivity index (χ1v) is 11.4. The average molecular weight is 475 g/mol. The van der Waals surface area contributed by atoms with Gasteiger partial charge in [-0.2, -0.15) is 9.97 Å². The van der Waals surface area contributed by atoms with E-state index in [-0.39, 0.29) is 24.0 Å². The molecule has 2 aliphatic rings. The third-order valence-electron chi connectivity index (χ3n) is 6.72. The monoisotopic (exact) mass is 475 g/mol. The number of H-pyrrole nitrogens is 1. The normalized spacial score (nSPS) is 17.4. The summed E-state index contributed by atoms with van der Waals surface area (Å²) in [7, 11) is 0. The lowest BCUT2D eigenvalue weighted by Crippen LogP contribution is -2.38. The molecule has 0 aliphatic carbocycles. The van der Waals surface area contributed by atoms with Crippen LogP contribution in [0.2, 0.25) is 0 Å². The van der Waals surface area contributed by atoms with Gasteiger partial charge in [0.1, 0.15) is 17.7 Å². The number of benzene rings is 2. The fourth-order valence-corrected chi connectivity index (χ4v) is 4.91. The fraction of sp³-hybridized carbons (Fsp3) is 0.250. The molecule has 7 rings (SSSR count). The molecule has 2 aliphatic heterocycles. The third kappa shape index (κ3) is 2.97. The summed E-state index contributed by atoms with van der Waals surface area (Å²) in [5.74, 6) is 0.147. The number of imidazole rings is 2. The highest BCUT2D eigenvalue weighted by molar-refractivity contribution is 5.85. The van der Waals surface area contributed by atoms with E-state index in [9.17, 15) is 13.6 Å². The second kappa shape index (κ2) is 7.36. The Labute approximate surface area is 196 Å². The zero-order valence-electron chi connectivity index (χ0n) is 18.4. The molecule has 0 bridgehead atoms. The van der Waals surface area contributed by atoms with Crippen molar-refractivity contribution in [2.24, 2.45) is 0 Å². The Balaban J connectivity index is 1.50. The lowest BCUT2D eigenvalue weighted by molar-refractivity contribution is 0.244. The van der Waals surface area contributed by atoms with Crippen molar-refractivity contribution in [1.82, 2.24) is 29.1 Å². The van der Waals surface area contributed by atoms with E-state index < -0.39 is 17.7 Å². The Morgan fingerprint density at radius 3 is 2.83 bits per heavy atom. The standard InChI is InChI=1S/C24H19F2N7O2/c25-13-5-6-16-18(11-13)32(12-27-16)23-29-21(31-8-2-9-31)19-22(30-23)33(24(34)28-19)17-7-10-35-20-14(17)3-1-4-15(20)26/h1,3-6,11-12,17H,2,7-10H2,(H,28,34). The SMILES string of the molecule is O=c1[nH]c2c(N3CCC3)nc(-n3cnc4ccc(F)cc43)nc2n1C1CCOc2c(F)cccc21. The number of para-hydroxylation sites is 1. The molecule has 11 heteroatoms. The van der Waals surface area contributed by atoms with Gasteiger partial charge < -0.3 is 14.6 Å². The number of aromatic amines is 1. The molecular formula is C24H19F2N7O2. The molecule has 0 spiro atoms. The van der Waals surface area contributed by atoms with Crippen molar-refractivity contribution in [3.8, 4) is 11.7 Å². The van der Waals surface area contributed by atoms with Crippen LogP contribution in [0.4, 0.5) is 14.6 Å². The van der Waals surface area contributed by atoms with E-state index in [0.717, 1.165) is 19.5 Å². The van der Waals surface area contributed by atoms with E-state index in [1.54, 1.807) is 33.7 Å². The molecule has 3 aromatic heterocycles. The molecule has 5 aromatic rings. The van der Waals surface area contributed by atoms with Gasteiger partial charge in [0.15, 0.2) is 23.0 Å². The minimum Gasteiger partial charge on any atom is -0.490 e. The summed E-state index contributed by atoms with van der Waals surface area (Å²) in [6, 6.07) is 8.55. The van der Waals surface area contributed by atoms with Gasteiger partial charge in [-0.25, -0.2) is 18.6 Å². The first-order valence-electron chi connectivity index (χ1n) is 11.4. The summed E-state index contributed by atoms with van der Waals surface area (Å²) in [5, 5.41) is 0. The molecule has 5 heterocycles. The van der Waals surface area contributed by atoms with Gasteiger partial charge in [0.25, 0.3) is 0 Å². The maximum Gasteiger partial charge on any atom is 0.328 e. The van der Waals surface area contributed by atoms with Gasteiger partial charge in [-0.1, -0.05) is 12.1 Å². The van der Waals surface area contributed by atoms with Crippen LogP contribution in [-0.2, 0) is 0 Å². The second-order valence-electron chi connectivity index (χ2n) is 8.75. The van der Waals surface area contributed by atoms with Crippen LogP contribution in [0.1, 0.15) is 24.4 Å². The topological polar surface area (TPSA) is 93.9 Å². The van der Waals surface area contributed by atoms with Crippen LogP contribution in [-0.4, -0.2) is 48.8 Å². The molecule has 35 heavy (non-hydrogen) atoms. The minimum absolute atomic E-state index is 0.151. The highest BCUT2D eigenvalue weighted by Crippen LogP contribution is 2.38. The summed E-state index contributed by atoms with van der Waals surface area (Å²) < 4.78 is 37.2. The maximum atomic E-state index is 14.5. The Hall–Kier alpha value is -4.28. The number of halogens is 2. The molecule has 1 unspecified atom stereocenters. The van der Waals surface area contributed by atoms with Crippen molar-refractivity contribution in [3.05, 3.63) is 70.4 Å². The second-order valence-corrected chi connectivity index (χ2v) is 8.75. The first-order chi connectivity index (χ1) is 17.1. The van der Waals surface area contributed by atoms with E-state index in [4.69, 9.17) is 14.7 Å². The lowest BCUT2D eigenvalue weighted by atomic mass is 10.00. The zero-order valence-corrected chi connectivity index (χ0v) is 18.4. The third-order valence-corrected chi connectivity index (χ3v) is 6.72. The van der Waals surface area contributed by atoms with Gasteiger partial charge in [0, 0.05) is 31.1 Å². The van der Waals surface area contributed by atoms with Gasteiger partial charge >= 0.3 is 5.69 Å². The van der Waals surface area contributed by atoms with Crippen LogP contribution in [0.15, 0.2) is 47.5 Å². The van der Waals surface area contributed by atoms with Crippen LogP contribution < -0.4 is 15.3 Å². The molecule has 9 nitrogen and oxygen atoms in total. The zero-order chi connectivity index (χ0) is 23.7. The van der Waals surface area contributed by atoms with Crippen molar-refractivity contribution >= 4 is 28.0 Å². The molecule has 0 amide bonds. The highest BCUT2D eigenvalue weighted by atomic mass is 19.1. The summed E-state index contributed by atoms with van der Waals surface area (Å²) in [4.78, 5) is 32.1. The fourth-order valence-electron chi connectivity index (χ4n) is 4.91. The molecule has 1 atom stereocenters. The van der Waals surface area contributed by atoms with Gasteiger partial charge in [-0.3, -0.25) is 9.13 Å². The Bertz CT molecular complexity index is 1690. The number of nitrogens with one attached hydrogen (secondary N) is 1. The summed E-state index contributed by atoms with van der Waals surface area (Å²) in [5.41, 5.74) is 2.24. The number of hydrogen-bond acceptors (Lipinski definition) is 6. The smallest absolute Gasteiger partial charge is 0.328 e. The summed E-state index contributed by atoms with van der Waals surface area (Å²) in [6.45, 7) is 1.85. The van der Waals surface area contributed by atoms with Crippen molar-refractivity contribution < 1.29 is 13.5 Å². The van der Waals surface area contributed by atoms with Crippen LogP contribution in [0.25, 0.3) is 28.1 Å². The van der Waals surface area contributed by atoms with Gasteiger partial charge in [0.2, 0.25) is 5.95 Å². The molecule has 176 valence electrons. The highest BCUT2D eigenvalue weighted by Gasteiger charge is 2.31. The van der Waals surface area contributed by atoms with Crippen LogP contribution in [0, 0.1) is 11.6 Å². The van der Waals surface area contributed by atoms with Gasteiger partial charge in [0.05, 0.1) is 23.7 Å². The minimum atomic E-state index is -0.473. The van der Waals surface area contributed by atoms with Gasteiger partial charge in [-0.15, -0.1) is 0 Å². The van der Waals surface area contributed by atoms with Crippen molar-refractivity contribution in [2.75, 3.05) is 24.6 Å². The molecular weight excluding hydrogens is 456 g/mol. The van der Waals surface area contributed by atoms with E-state index in [0.29, 0.717) is 40.0 Å². The molecule has 0 radical (unpaired) electrons. The van der Waals surface area contributed by atoms with Crippen LogP contribution >= 0.6 is 0 Å². The molecule has 0 saturated carbocycles. The Kier molecular flexibility index (Phi) is 4.23. The maximum absolute atomic E-state index is 14.5. The van der Waals surface area contributed by atoms with E-state index in [2.05, 4.69) is 14.9 Å². The quantitative estimate of drug-likeness (QED) is 0.430. The first kappa shape index (κ1) is 20.1. The van der Waals surface area contributed by atoms with Crippen molar-refractivity contribution in [1.29, 1.82) is 0 Å². The van der Waals surface area contributed by atoms with Crippen LogP contribution in [0.5, 0.6) is 5.75 Å². The lowest BCUT2D eigenvalue weighted by Gasteiger charge is -2.32. The summed E-state index contributed by atoms with van der Waals surface area (Å²) >= 11 is 0. The molecule has 2 aromatic carbocycles. The van der Waals surface area contributed by atoms with Crippen molar-refractivity contribution in [3.63, 3.8) is 0 Å². The van der Waals surface area contributed by atoms with E-state index in [1.165, 1.54) is 18.2 Å². The number of ether oxygens (including phenoxy) is 1. The largest absolute Gasteiger partial charge is 0.490 e. The molecule has 1 fully saturated rings. The number of aromatic nitrogens is 6. The van der Waals surface area contributed by atoms with E-state index >= 15 is 0 Å². The Morgan fingerprint density at radius 2 is 2.00 bits per heavy atom. The number of hydrogen-bond donors (Lipinski definition) is 1. The molecule has 1 saturated heterocycles. The number of anilines is 1. The number of rotatable bonds is 3. The molecule has 1 N–H and O–H groups in total. The summed E-state index contributed by atoms with van der Waals surface area (Å²) in [6.07, 6.45) is 3.03. The van der Waals surface area contributed by atoms with Crippen molar-refractivity contribution in [2.45, 2.75) is 18.9 Å².